The number of rotatable bonds is 6. The van der Waals surface area contributed by atoms with E-state index in [1.807, 2.05) is 30.3 Å². The van der Waals surface area contributed by atoms with E-state index in [0.29, 0.717) is 12.3 Å². The van der Waals surface area contributed by atoms with Gasteiger partial charge in [-0.2, -0.15) is 0 Å². The Morgan fingerprint density at radius 1 is 1.45 bits per heavy atom. The molecule has 0 heterocycles. The Balaban J connectivity index is 2.08. The maximum Gasteiger partial charge on any atom is 0.233 e. The van der Waals surface area contributed by atoms with Gasteiger partial charge in [0.25, 0.3) is 0 Å². The van der Waals surface area contributed by atoms with Crippen molar-refractivity contribution in [1.29, 1.82) is 0 Å². The summed E-state index contributed by atoms with van der Waals surface area (Å²) >= 11 is 0. The molecule has 3 N–H and O–H groups in total. The zero-order valence-corrected chi connectivity index (χ0v) is 11.7. The molecule has 1 aromatic rings. The second-order valence-electron chi connectivity index (χ2n) is 5.43. The van der Waals surface area contributed by atoms with Crippen LogP contribution in [-0.4, -0.2) is 35.4 Å². The number of carbonyl (C=O) groups excluding carboxylic acids is 1. The Morgan fingerprint density at radius 3 is 2.65 bits per heavy atom. The number of carbonyl (C=O) groups is 1. The number of amidine groups is 1. The predicted molar refractivity (Wildman–Crippen MR) is 77.4 cm³/mol. The Labute approximate surface area is 119 Å². The Kier molecular flexibility index (Phi) is 4.61. The lowest BCUT2D eigenvalue weighted by molar-refractivity contribution is -0.132. The summed E-state index contributed by atoms with van der Waals surface area (Å²) in [5.74, 6) is -0.0997. The van der Waals surface area contributed by atoms with Gasteiger partial charge in [0.05, 0.1) is 0 Å². The molecule has 1 fully saturated rings. The van der Waals surface area contributed by atoms with Crippen LogP contribution >= 0.6 is 0 Å². The SMILES string of the molecule is CN(CC1CC1)C(=O)C(Cc1ccccc1)C(N)=NO. The molecule has 0 radical (unpaired) electrons. The van der Waals surface area contributed by atoms with Crippen molar-refractivity contribution in [2.45, 2.75) is 19.3 Å². The van der Waals surface area contributed by atoms with E-state index in [4.69, 9.17) is 10.9 Å². The van der Waals surface area contributed by atoms with Crippen molar-refractivity contribution >= 4 is 11.7 Å². The molecule has 1 aliphatic rings. The van der Waals surface area contributed by atoms with Gasteiger partial charge in [0, 0.05) is 13.6 Å². The van der Waals surface area contributed by atoms with Crippen LogP contribution in [0.25, 0.3) is 0 Å². The molecule has 108 valence electrons. The molecular weight excluding hydrogens is 254 g/mol. The van der Waals surface area contributed by atoms with Gasteiger partial charge < -0.3 is 15.8 Å². The molecule has 2 rings (SSSR count). The summed E-state index contributed by atoms with van der Waals surface area (Å²) in [4.78, 5) is 14.2. The van der Waals surface area contributed by atoms with Crippen LogP contribution in [0.15, 0.2) is 35.5 Å². The highest BCUT2D eigenvalue weighted by atomic mass is 16.4. The Morgan fingerprint density at radius 2 is 2.10 bits per heavy atom. The molecule has 0 aromatic heterocycles. The van der Waals surface area contributed by atoms with E-state index in [-0.39, 0.29) is 11.7 Å². The Hall–Kier alpha value is -2.04. The first-order valence-corrected chi connectivity index (χ1v) is 6.88. The molecule has 0 saturated heterocycles. The minimum atomic E-state index is -0.605. The van der Waals surface area contributed by atoms with Gasteiger partial charge in [-0.1, -0.05) is 35.5 Å². The molecule has 5 heteroatoms. The van der Waals surface area contributed by atoms with E-state index in [2.05, 4.69) is 5.16 Å². The number of nitrogens with zero attached hydrogens (tertiary/aromatic N) is 2. The highest BCUT2D eigenvalue weighted by Gasteiger charge is 2.30. The number of nitrogens with two attached hydrogens (primary N) is 1. The van der Waals surface area contributed by atoms with Crippen LogP contribution in [0.1, 0.15) is 18.4 Å². The summed E-state index contributed by atoms with van der Waals surface area (Å²) in [5.41, 5.74) is 6.70. The van der Waals surface area contributed by atoms with E-state index in [0.717, 1.165) is 12.1 Å². The zero-order chi connectivity index (χ0) is 14.5. The highest BCUT2D eigenvalue weighted by Crippen LogP contribution is 2.29. The smallest absolute Gasteiger partial charge is 0.233 e. The van der Waals surface area contributed by atoms with E-state index in [9.17, 15) is 4.79 Å². The number of benzene rings is 1. The summed E-state index contributed by atoms with van der Waals surface area (Å²) in [6, 6.07) is 9.62. The van der Waals surface area contributed by atoms with Crippen molar-refractivity contribution < 1.29 is 10.0 Å². The van der Waals surface area contributed by atoms with Gasteiger partial charge in [-0.3, -0.25) is 4.79 Å². The summed E-state index contributed by atoms with van der Waals surface area (Å²) < 4.78 is 0. The lowest BCUT2D eigenvalue weighted by atomic mass is 9.97. The number of oxime groups is 1. The molecule has 1 aliphatic carbocycles. The maximum atomic E-state index is 12.5. The van der Waals surface area contributed by atoms with Crippen molar-refractivity contribution in [3.8, 4) is 0 Å². The average Bonchev–Trinajstić information content (AvgIpc) is 3.28. The topological polar surface area (TPSA) is 78.9 Å². The molecule has 1 saturated carbocycles. The van der Waals surface area contributed by atoms with Gasteiger partial charge in [0.1, 0.15) is 5.92 Å². The maximum absolute atomic E-state index is 12.5. The summed E-state index contributed by atoms with van der Waals surface area (Å²) in [5, 5.41) is 11.9. The van der Waals surface area contributed by atoms with Crippen LogP contribution < -0.4 is 5.73 Å². The summed E-state index contributed by atoms with van der Waals surface area (Å²) in [7, 11) is 1.78. The van der Waals surface area contributed by atoms with Crippen LogP contribution in [0.3, 0.4) is 0 Å². The average molecular weight is 275 g/mol. The minimum absolute atomic E-state index is 0.0264. The second kappa shape index (κ2) is 6.41. The third-order valence-corrected chi connectivity index (χ3v) is 3.66. The van der Waals surface area contributed by atoms with Crippen LogP contribution in [0, 0.1) is 11.8 Å². The molecule has 20 heavy (non-hydrogen) atoms. The van der Waals surface area contributed by atoms with E-state index >= 15 is 0 Å². The fourth-order valence-electron chi connectivity index (χ4n) is 2.28. The number of hydrogen-bond donors (Lipinski definition) is 2. The number of hydrogen-bond acceptors (Lipinski definition) is 3. The first-order chi connectivity index (χ1) is 9.61. The fourth-order valence-corrected chi connectivity index (χ4v) is 2.28. The molecular formula is C15H21N3O2. The zero-order valence-electron chi connectivity index (χ0n) is 11.7. The summed E-state index contributed by atoms with van der Waals surface area (Å²) in [6.07, 6.45) is 2.82. The van der Waals surface area contributed by atoms with Crippen molar-refractivity contribution in [3.63, 3.8) is 0 Å². The van der Waals surface area contributed by atoms with Crippen molar-refractivity contribution in [2.24, 2.45) is 22.7 Å². The third kappa shape index (κ3) is 3.73. The van der Waals surface area contributed by atoms with Crippen molar-refractivity contribution in [1.82, 2.24) is 4.90 Å². The molecule has 1 atom stereocenters. The van der Waals surface area contributed by atoms with Gasteiger partial charge in [0.2, 0.25) is 5.91 Å². The van der Waals surface area contributed by atoms with Gasteiger partial charge >= 0.3 is 0 Å². The monoisotopic (exact) mass is 275 g/mol. The van der Waals surface area contributed by atoms with Gasteiger partial charge in [0.15, 0.2) is 5.84 Å². The molecule has 1 aromatic carbocycles. The first kappa shape index (κ1) is 14.4. The van der Waals surface area contributed by atoms with Crippen molar-refractivity contribution in [3.05, 3.63) is 35.9 Å². The molecule has 0 aliphatic heterocycles. The molecule has 0 bridgehead atoms. The Bertz CT molecular complexity index is 483. The molecule has 0 spiro atoms. The van der Waals surface area contributed by atoms with Gasteiger partial charge in [-0.15, -0.1) is 0 Å². The highest BCUT2D eigenvalue weighted by molar-refractivity contribution is 6.02. The van der Waals surface area contributed by atoms with E-state index in [1.165, 1.54) is 12.8 Å². The van der Waals surface area contributed by atoms with Crippen LogP contribution in [0.2, 0.25) is 0 Å². The molecule has 1 amide bonds. The van der Waals surface area contributed by atoms with Gasteiger partial charge in [-0.05, 0) is 30.7 Å². The standard InChI is InChI=1S/C15H21N3O2/c1-18(10-12-7-8-12)15(19)13(14(16)17-20)9-11-5-3-2-4-6-11/h2-6,12-13,20H,7-10H2,1H3,(H2,16,17). The van der Waals surface area contributed by atoms with E-state index < -0.39 is 5.92 Å². The minimum Gasteiger partial charge on any atom is -0.409 e. The predicted octanol–water partition coefficient (Wildman–Crippen LogP) is 1.46. The fraction of sp³-hybridized carbons (Fsp3) is 0.467. The van der Waals surface area contributed by atoms with Gasteiger partial charge in [-0.25, -0.2) is 0 Å². The first-order valence-electron chi connectivity index (χ1n) is 6.88. The second-order valence-corrected chi connectivity index (χ2v) is 5.43. The van der Waals surface area contributed by atoms with Crippen LogP contribution in [-0.2, 0) is 11.2 Å². The lowest BCUT2D eigenvalue weighted by Crippen LogP contribution is -2.42. The summed E-state index contributed by atoms with van der Waals surface area (Å²) in [6.45, 7) is 0.753. The third-order valence-electron chi connectivity index (χ3n) is 3.66. The van der Waals surface area contributed by atoms with E-state index in [1.54, 1.807) is 11.9 Å². The van der Waals surface area contributed by atoms with Crippen molar-refractivity contribution in [2.75, 3.05) is 13.6 Å². The molecule has 1 unspecified atom stereocenters. The normalized spacial score (nSPS) is 16.8. The quantitative estimate of drug-likeness (QED) is 0.357. The largest absolute Gasteiger partial charge is 0.409 e. The van der Waals surface area contributed by atoms with Crippen LogP contribution in [0.4, 0.5) is 0 Å². The lowest BCUT2D eigenvalue weighted by Gasteiger charge is -2.23. The van der Waals surface area contributed by atoms with Crippen LogP contribution in [0.5, 0.6) is 0 Å². The molecule has 5 nitrogen and oxygen atoms in total. The number of amides is 1.